The highest BCUT2D eigenvalue weighted by Gasteiger charge is 2.33. The summed E-state index contributed by atoms with van der Waals surface area (Å²) in [5, 5.41) is 2.41. The van der Waals surface area contributed by atoms with Crippen LogP contribution in [0.5, 0.6) is 0 Å². The summed E-state index contributed by atoms with van der Waals surface area (Å²) in [4.78, 5) is 10.1. The molecule has 0 amide bonds. The van der Waals surface area contributed by atoms with Crippen LogP contribution in [0.4, 0.5) is 36.2 Å². The van der Waals surface area contributed by atoms with Gasteiger partial charge >= 0.3 is 6.18 Å². The molecule has 0 radical (unpaired) electrons. The second-order valence-corrected chi connectivity index (χ2v) is 6.16. The monoisotopic (exact) mass is 419 g/mol. The molecule has 7 nitrogen and oxygen atoms in total. The summed E-state index contributed by atoms with van der Waals surface area (Å²) in [5.74, 6) is 0.608. The average Bonchev–Trinajstić information content (AvgIpc) is 2.64. The lowest BCUT2D eigenvalue weighted by atomic mass is 10.2. The average molecular weight is 420 g/mol. The quantitative estimate of drug-likeness (QED) is 0.642. The Balaban J connectivity index is 2.31. The predicted octanol–water partition coefficient (Wildman–Crippen LogP) is 3.57. The number of ether oxygens (including phenoxy) is 2. The first kappa shape index (κ1) is 22.0. The summed E-state index contributed by atoms with van der Waals surface area (Å²) in [6, 6.07) is 3.47. The molecule has 0 aliphatic rings. The predicted molar refractivity (Wildman–Crippen MR) is 102 cm³/mol. The van der Waals surface area contributed by atoms with Crippen LogP contribution in [-0.4, -0.2) is 50.5 Å². The van der Waals surface area contributed by atoms with Gasteiger partial charge in [0.05, 0.1) is 23.8 Å². The summed E-state index contributed by atoms with van der Waals surface area (Å²) >= 11 is 5.65. The van der Waals surface area contributed by atoms with Crippen LogP contribution in [0.1, 0.15) is 5.56 Å². The van der Waals surface area contributed by atoms with Crippen molar-refractivity contribution in [1.29, 1.82) is 0 Å². The van der Waals surface area contributed by atoms with E-state index in [2.05, 4.69) is 15.3 Å². The summed E-state index contributed by atoms with van der Waals surface area (Å²) in [5.41, 5.74) is 5.56. The summed E-state index contributed by atoms with van der Waals surface area (Å²) in [7, 11) is 3.15. The van der Waals surface area contributed by atoms with E-state index in [1.54, 1.807) is 14.2 Å². The number of nitrogen functional groups attached to an aromatic ring is 1. The summed E-state index contributed by atoms with van der Waals surface area (Å²) in [6.07, 6.45) is -3.30. The number of methoxy groups -OCH3 is 2. The fourth-order valence-electron chi connectivity index (χ4n) is 2.42. The zero-order valence-electron chi connectivity index (χ0n) is 15.4. The molecule has 0 atom stereocenters. The molecule has 0 fully saturated rings. The number of anilines is 4. The van der Waals surface area contributed by atoms with Gasteiger partial charge in [0.25, 0.3) is 0 Å². The molecule has 0 saturated heterocycles. The maximum atomic E-state index is 13.1. The Bertz CT molecular complexity index is 784. The Labute approximate surface area is 165 Å². The number of nitrogens with two attached hydrogens (primary N) is 1. The molecule has 0 bridgehead atoms. The Morgan fingerprint density at radius 3 is 2.36 bits per heavy atom. The minimum absolute atomic E-state index is 0.147. The molecule has 154 valence electrons. The number of nitrogens with zero attached hydrogens (tertiary/aromatic N) is 3. The molecule has 0 aliphatic carbocycles. The van der Waals surface area contributed by atoms with Gasteiger partial charge in [-0.25, -0.2) is 9.97 Å². The highest BCUT2D eigenvalue weighted by atomic mass is 35.5. The largest absolute Gasteiger partial charge is 0.417 e. The van der Waals surface area contributed by atoms with Crippen LogP contribution in [-0.2, 0) is 15.7 Å². The van der Waals surface area contributed by atoms with E-state index in [4.69, 9.17) is 26.8 Å². The van der Waals surface area contributed by atoms with Gasteiger partial charge in [-0.15, -0.1) is 0 Å². The number of hydrogen-bond acceptors (Lipinski definition) is 7. The van der Waals surface area contributed by atoms with E-state index in [0.29, 0.717) is 32.1 Å². The maximum Gasteiger partial charge on any atom is 0.417 e. The molecule has 0 saturated carbocycles. The molecule has 11 heteroatoms. The zero-order chi connectivity index (χ0) is 20.7. The van der Waals surface area contributed by atoms with Crippen LogP contribution < -0.4 is 16.0 Å². The third-order valence-electron chi connectivity index (χ3n) is 3.83. The van der Waals surface area contributed by atoms with Gasteiger partial charge in [0, 0.05) is 33.0 Å². The molecular formula is C17H21ClF3N5O2. The summed E-state index contributed by atoms with van der Waals surface area (Å²) < 4.78 is 49.4. The molecule has 0 unspecified atom stereocenters. The van der Waals surface area contributed by atoms with Crippen molar-refractivity contribution in [2.24, 2.45) is 0 Å². The van der Waals surface area contributed by atoms with Crippen LogP contribution in [0.15, 0.2) is 24.5 Å². The van der Waals surface area contributed by atoms with Crippen molar-refractivity contribution in [1.82, 2.24) is 9.97 Å². The number of alkyl halides is 3. The van der Waals surface area contributed by atoms with Gasteiger partial charge in [-0.05, 0) is 18.2 Å². The van der Waals surface area contributed by atoms with Gasteiger partial charge in [0.15, 0.2) is 11.6 Å². The van der Waals surface area contributed by atoms with Crippen LogP contribution >= 0.6 is 11.6 Å². The normalized spacial score (nSPS) is 11.5. The van der Waals surface area contributed by atoms with Gasteiger partial charge in [-0.1, -0.05) is 11.6 Å². The molecule has 28 heavy (non-hydrogen) atoms. The minimum atomic E-state index is -4.58. The van der Waals surface area contributed by atoms with Gasteiger partial charge < -0.3 is 25.4 Å². The smallest absolute Gasteiger partial charge is 0.393 e. The van der Waals surface area contributed by atoms with Gasteiger partial charge in [0.1, 0.15) is 12.0 Å². The van der Waals surface area contributed by atoms with E-state index >= 15 is 0 Å². The van der Waals surface area contributed by atoms with E-state index in [9.17, 15) is 13.2 Å². The van der Waals surface area contributed by atoms with E-state index < -0.39 is 11.7 Å². The Morgan fingerprint density at radius 1 is 1.14 bits per heavy atom. The Morgan fingerprint density at radius 2 is 1.79 bits per heavy atom. The molecule has 1 aromatic heterocycles. The minimum Gasteiger partial charge on any atom is -0.393 e. The number of aromatic nitrogens is 2. The van der Waals surface area contributed by atoms with E-state index in [0.717, 1.165) is 12.1 Å². The lowest BCUT2D eigenvalue weighted by Crippen LogP contribution is -2.32. The number of halogens is 4. The number of benzene rings is 1. The van der Waals surface area contributed by atoms with Crippen molar-refractivity contribution in [3.05, 3.63) is 35.1 Å². The Kier molecular flexibility index (Phi) is 7.67. The second kappa shape index (κ2) is 9.76. The van der Waals surface area contributed by atoms with Crippen molar-refractivity contribution in [2.45, 2.75) is 6.18 Å². The Hall–Kier alpha value is -2.30. The van der Waals surface area contributed by atoms with E-state index in [-0.39, 0.29) is 22.2 Å². The van der Waals surface area contributed by atoms with Crippen LogP contribution in [0.2, 0.25) is 5.02 Å². The fourth-order valence-corrected chi connectivity index (χ4v) is 2.65. The van der Waals surface area contributed by atoms with Crippen molar-refractivity contribution in [3.63, 3.8) is 0 Å². The highest BCUT2D eigenvalue weighted by molar-refractivity contribution is 6.31. The number of nitrogens with one attached hydrogen (secondary N) is 1. The standard InChI is InChI=1S/C17H21ClF3N5O2/c1-27-7-5-26(6-8-28-2)16-14(22)15(23-10-24-16)25-11-3-4-13(18)12(9-11)17(19,20)21/h3-4,9-10H,5-8,22H2,1-2H3,(H,23,24,25). The molecule has 0 spiro atoms. The van der Waals surface area contributed by atoms with Gasteiger partial charge in [-0.3, -0.25) is 0 Å². The molecule has 1 heterocycles. The fraction of sp³-hybridized carbons (Fsp3) is 0.412. The highest BCUT2D eigenvalue weighted by Crippen LogP contribution is 2.37. The first-order valence-electron chi connectivity index (χ1n) is 8.25. The van der Waals surface area contributed by atoms with Gasteiger partial charge in [-0.2, -0.15) is 13.2 Å². The molecule has 0 aliphatic heterocycles. The third kappa shape index (κ3) is 5.60. The van der Waals surface area contributed by atoms with Crippen LogP contribution in [0.3, 0.4) is 0 Å². The lowest BCUT2D eigenvalue weighted by molar-refractivity contribution is -0.137. The zero-order valence-corrected chi connectivity index (χ0v) is 16.1. The molecule has 2 rings (SSSR count). The molecular weight excluding hydrogens is 399 g/mol. The maximum absolute atomic E-state index is 13.1. The van der Waals surface area contributed by atoms with Crippen molar-refractivity contribution in [3.8, 4) is 0 Å². The van der Waals surface area contributed by atoms with E-state index in [1.165, 1.54) is 12.4 Å². The molecule has 3 N–H and O–H groups in total. The van der Waals surface area contributed by atoms with Crippen molar-refractivity contribution >= 4 is 34.6 Å². The van der Waals surface area contributed by atoms with Crippen LogP contribution in [0, 0.1) is 0 Å². The first-order valence-corrected chi connectivity index (χ1v) is 8.62. The number of rotatable bonds is 9. The van der Waals surface area contributed by atoms with Crippen LogP contribution in [0.25, 0.3) is 0 Å². The topological polar surface area (TPSA) is 85.5 Å². The lowest BCUT2D eigenvalue weighted by Gasteiger charge is -2.25. The SMILES string of the molecule is COCCN(CCOC)c1ncnc(Nc2ccc(Cl)c(C(F)(F)F)c2)c1N. The first-order chi connectivity index (χ1) is 13.3. The molecule has 2 aromatic rings. The van der Waals surface area contributed by atoms with Crippen molar-refractivity contribution < 1.29 is 22.6 Å². The van der Waals surface area contributed by atoms with Crippen molar-refractivity contribution in [2.75, 3.05) is 56.5 Å². The molecule has 1 aromatic carbocycles. The number of hydrogen-bond donors (Lipinski definition) is 2. The second-order valence-electron chi connectivity index (χ2n) is 5.75. The van der Waals surface area contributed by atoms with Gasteiger partial charge in [0.2, 0.25) is 0 Å². The van der Waals surface area contributed by atoms with E-state index in [1.807, 2.05) is 4.90 Å². The summed E-state index contributed by atoms with van der Waals surface area (Å²) in [6.45, 7) is 1.86. The third-order valence-corrected chi connectivity index (χ3v) is 4.16.